The molecule has 0 amide bonds. The zero-order valence-corrected chi connectivity index (χ0v) is 9.70. The molecule has 0 bridgehead atoms. The topological polar surface area (TPSA) is 21.1 Å². The summed E-state index contributed by atoms with van der Waals surface area (Å²) in [7, 11) is 4.10. The average Bonchev–Trinajstić information content (AvgIpc) is 2.54. The van der Waals surface area contributed by atoms with Crippen LogP contribution in [-0.2, 0) is 6.54 Å². The van der Waals surface area contributed by atoms with Gasteiger partial charge >= 0.3 is 0 Å². The molecule has 0 saturated carbocycles. The van der Waals surface area contributed by atoms with E-state index in [4.69, 9.17) is 11.6 Å². The standard InChI is InChI=1S/C11H14ClN3/c1-14(2)7-8-15-10-6-4-3-5-9(10)11(12)13-15/h3-6H,7-8H2,1-2H3. The van der Waals surface area contributed by atoms with Crippen molar-refractivity contribution in [2.75, 3.05) is 20.6 Å². The first kappa shape index (κ1) is 10.5. The molecule has 0 fully saturated rings. The Morgan fingerprint density at radius 2 is 2.07 bits per heavy atom. The molecule has 2 rings (SSSR count). The Morgan fingerprint density at radius 1 is 1.33 bits per heavy atom. The highest BCUT2D eigenvalue weighted by molar-refractivity contribution is 6.34. The smallest absolute Gasteiger partial charge is 0.158 e. The summed E-state index contributed by atoms with van der Waals surface area (Å²) in [4.78, 5) is 2.13. The van der Waals surface area contributed by atoms with Crippen LogP contribution in [0.25, 0.3) is 10.9 Å². The summed E-state index contributed by atoms with van der Waals surface area (Å²) in [6.07, 6.45) is 0. The van der Waals surface area contributed by atoms with Crippen LogP contribution in [-0.4, -0.2) is 35.3 Å². The summed E-state index contributed by atoms with van der Waals surface area (Å²) in [5, 5.41) is 5.93. The number of rotatable bonds is 3. The molecular weight excluding hydrogens is 210 g/mol. The van der Waals surface area contributed by atoms with Gasteiger partial charge in [-0.25, -0.2) is 0 Å². The summed E-state index contributed by atoms with van der Waals surface area (Å²) in [5.74, 6) is 0. The number of halogens is 1. The number of likely N-dealkylation sites (N-methyl/N-ethyl adjacent to an activating group) is 1. The van der Waals surface area contributed by atoms with Gasteiger partial charge in [-0.1, -0.05) is 23.7 Å². The van der Waals surface area contributed by atoms with Crippen LogP contribution < -0.4 is 0 Å². The van der Waals surface area contributed by atoms with Crippen molar-refractivity contribution in [2.45, 2.75) is 6.54 Å². The number of hydrogen-bond acceptors (Lipinski definition) is 2. The highest BCUT2D eigenvalue weighted by Crippen LogP contribution is 2.21. The first-order valence-electron chi connectivity index (χ1n) is 4.94. The molecule has 1 aromatic carbocycles. The van der Waals surface area contributed by atoms with Crippen LogP contribution in [0.3, 0.4) is 0 Å². The molecule has 0 radical (unpaired) electrons. The molecule has 0 unspecified atom stereocenters. The van der Waals surface area contributed by atoms with Gasteiger partial charge in [0.15, 0.2) is 5.15 Å². The lowest BCUT2D eigenvalue weighted by Crippen LogP contribution is -2.18. The van der Waals surface area contributed by atoms with Crippen molar-refractivity contribution in [3.05, 3.63) is 29.4 Å². The number of benzene rings is 1. The fourth-order valence-corrected chi connectivity index (χ4v) is 1.80. The highest BCUT2D eigenvalue weighted by Gasteiger charge is 2.07. The van der Waals surface area contributed by atoms with Gasteiger partial charge in [-0.15, -0.1) is 0 Å². The van der Waals surface area contributed by atoms with Crippen LogP contribution in [0.4, 0.5) is 0 Å². The van der Waals surface area contributed by atoms with Gasteiger partial charge < -0.3 is 4.90 Å². The molecule has 0 atom stereocenters. The molecule has 2 aromatic rings. The molecule has 0 saturated heterocycles. The fourth-order valence-electron chi connectivity index (χ4n) is 1.55. The fraction of sp³-hybridized carbons (Fsp3) is 0.364. The summed E-state index contributed by atoms with van der Waals surface area (Å²) in [6, 6.07) is 8.03. The third-order valence-corrected chi connectivity index (χ3v) is 2.65. The van der Waals surface area contributed by atoms with Gasteiger partial charge in [0.25, 0.3) is 0 Å². The number of fused-ring (bicyclic) bond motifs is 1. The Bertz CT molecular complexity index is 462. The van der Waals surface area contributed by atoms with Gasteiger partial charge in [-0.3, -0.25) is 4.68 Å². The van der Waals surface area contributed by atoms with E-state index in [1.807, 2.05) is 43.0 Å². The molecule has 0 aliphatic heterocycles. The second-order valence-corrected chi connectivity index (χ2v) is 4.19. The molecule has 3 nitrogen and oxygen atoms in total. The summed E-state index contributed by atoms with van der Waals surface area (Å²) < 4.78 is 1.96. The van der Waals surface area contributed by atoms with E-state index in [2.05, 4.69) is 10.00 Å². The van der Waals surface area contributed by atoms with Gasteiger partial charge in [0.05, 0.1) is 12.1 Å². The lowest BCUT2D eigenvalue weighted by atomic mass is 10.2. The highest BCUT2D eigenvalue weighted by atomic mass is 35.5. The van der Waals surface area contributed by atoms with E-state index in [-0.39, 0.29) is 0 Å². The van der Waals surface area contributed by atoms with Crippen molar-refractivity contribution in [1.29, 1.82) is 0 Å². The first-order chi connectivity index (χ1) is 7.18. The molecule has 4 heteroatoms. The molecule has 80 valence electrons. The maximum Gasteiger partial charge on any atom is 0.158 e. The maximum atomic E-state index is 6.05. The Kier molecular flexibility index (Phi) is 2.93. The van der Waals surface area contributed by atoms with E-state index in [0.29, 0.717) is 5.15 Å². The number of hydrogen-bond donors (Lipinski definition) is 0. The normalized spacial score (nSPS) is 11.5. The van der Waals surface area contributed by atoms with Crippen molar-refractivity contribution in [2.24, 2.45) is 0 Å². The molecule has 15 heavy (non-hydrogen) atoms. The predicted molar refractivity (Wildman–Crippen MR) is 63.3 cm³/mol. The van der Waals surface area contributed by atoms with E-state index < -0.39 is 0 Å². The Morgan fingerprint density at radius 3 is 2.80 bits per heavy atom. The van der Waals surface area contributed by atoms with Crippen LogP contribution in [0.1, 0.15) is 0 Å². The average molecular weight is 224 g/mol. The second kappa shape index (κ2) is 4.21. The van der Waals surface area contributed by atoms with Gasteiger partial charge in [0.2, 0.25) is 0 Å². The minimum absolute atomic E-state index is 0.587. The lowest BCUT2D eigenvalue weighted by Gasteiger charge is -2.09. The van der Waals surface area contributed by atoms with Crippen molar-refractivity contribution >= 4 is 22.5 Å². The van der Waals surface area contributed by atoms with Crippen LogP contribution in [0.5, 0.6) is 0 Å². The predicted octanol–water partition coefficient (Wildman–Crippen LogP) is 2.25. The third-order valence-electron chi connectivity index (χ3n) is 2.37. The van der Waals surface area contributed by atoms with Crippen molar-refractivity contribution < 1.29 is 0 Å². The summed E-state index contributed by atoms with van der Waals surface area (Å²) in [6.45, 7) is 1.82. The van der Waals surface area contributed by atoms with Crippen LogP contribution in [0.15, 0.2) is 24.3 Å². The van der Waals surface area contributed by atoms with Gasteiger partial charge in [-0.05, 0) is 26.2 Å². The molecule has 0 aliphatic rings. The van der Waals surface area contributed by atoms with Crippen molar-refractivity contribution in [3.8, 4) is 0 Å². The zero-order valence-electron chi connectivity index (χ0n) is 8.94. The van der Waals surface area contributed by atoms with Crippen LogP contribution in [0, 0.1) is 0 Å². The van der Waals surface area contributed by atoms with Crippen LogP contribution >= 0.6 is 11.6 Å². The maximum absolute atomic E-state index is 6.05. The van der Waals surface area contributed by atoms with E-state index in [0.717, 1.165) is 24.0 Å². The number of para-hydroxylation sites is 1. The second-order valence-electron chi connectivity index (χ2n) is 3.83. The zero-order chi connectivity index (χ0) is 10.8. The minimum Gasteiger partial charge on any atom is -0.308 e. The van der Waals surface area contributed by atoms with Crippen molar-refractivity contribution in [3.63, 3.8) is 0 Å². The monoisotopic (exact) mass is 223 g/mol. The molecule has 0 spiro atoms. The molecule has 0 aliphatic carbocycles. The minimum atomic E-state index is 0.587. The molecule has 1 aromatic heterocycles. The van der Waals surface area contributed by atoms with Crippen LogP contribution in [0.2, 0.25) is 5.15 Å². The summed E-state index contributed by atoms with van der Waals surface area (Å²) >= 11 is 6.05. The SMILES string of the molecule is CN(C)CCn1nc(Cl)c2ccccc21. The van der Waals surface area contributed by atoms with Gasteiger partial charge in [0.1, 0.15) is 0 Å². The van der Waals surface area contributed by atoms with E-state index in [1.165, 1.54) is 0 Å². The third kappa shape index (κ3) is 2.13. The van der Waals surface area contributed by atoms with Gasteiger partial charge in [-0.2, -0.15) is 5.10 Å². The Labute approximate surface area is 94.2 Å². The quantitative estimate of drug-likeness (QED) is 0.796. The first-order valence-corrected chi connectivity index (χ1v) is 5.32. The number of aromatic nitrogens is 2. The molecular formula is C11H14ClN3. The van der Waals surface area contributed by atoms with Gasteiger partial charge in [0, 0.05) is 11.9 Å². The lowest BCUT2D eigenvalue weighted by molar-refractivity contribution is 0.377. The largest absolute Gasteiger partial charge is 0.308 e. The van der Waals surface area contributed by atoms with E-state index in [9.17, 15) is 0 Å². The van der Waals surface area contributed by atoms with Crippen molar-refractivity contribution in [1.82, 2.24) is 14.7 Å². The Hall–Kier alpha value is -1.06. The molecule has 1 heterocycles. The van der Waals surface area contributed by atoms with E-state index in [1.54, 1.807) is 0 Å². The Balaban J connectivity index is 2.35. The van der Waals surface area contributed by atoms with E-state index >= 15 is 0 Å². The molecule has 0 N–H and O–H groups in total. The summed E-state index contributed by atoms with van der Waals surface area (Å²) in [5.41, 5.74) is 1.10. The number of nitrogens with zero attached hydrogens (tertiary/aromatic N) is 3.